The van der Waals surface area contributed by atoms with Crippen molar-refractivity contribution in [1.29, 1.82) is 5.26 Å². The number of amides is 1. The first-order chi connectivity index (χ1) is 16.9. The highest BCUT2D eigenvalue weighted by atomic mass is 35.5. The summed E-state index contributed by atoms with van der Waals surface area (Å²) in [7, 11) is 2.82. The van der Waals surface area contributed by atoms with Gasteiger partial charge in [0.2, 0.25) is 5.60 Å². The van der Waals surface area contributed by atoms with E-state index >= 15 is 0 Å². The first-order valence-corrected chi connectivity index (χ1v) is 11.6. The molecule has 0 spiro atoms. The number of rotatable bonds is 6. The molecule has 1 aliphatic heterocycles. The molecule has 4 atom stereocenters. The Morgan fingerprint density at radius 3 is 2.43 bits per heavy atom. The second-order valence-corrected chi connectivity index (χ2v) is 8.85. The molecule has 7 nitrogen and oxygen atoms in total. The molecule has 180 valence electrons. The molecule has 1 heterocycles. The number of carbonyl (C=O) groups is 2. The zero-order chi connectivity index (χ0) is 25.2. The number of likely N-dealkylation sites (tertiary alicyclic amines) is 1. The van der Waals surface area contributed by atoms with E-state index in [2.05, 4.69) is 6.07 Å². The van der Waals surface area contributed by atoms with E-state index in [-0.39, 0.29) is 18.1 Å². The Morgan fingerprint density at radius 1 is 1.11 bits per heavy atom. The average Bonchev–Trinajstić information content (AvgIpc) is 3.33. The normalized spacial score (nSPS) is 25.6. The Kier molecular flexibility index (Phi) is 6.97. The van der Waals surface area contributed by atoms with Gasteiger partial charge in [-0.15, -0.1) is 0 Å². The van der Waals surface area contributed by atoms with E-state index < -0.39 is 29.6 Å². The molecule has 4 rings (SSSR count). The summed E-state index contributed by atoms with van der Waals surface area (Å²) in [4.78, 5) is 27.7. The number of allylic oxidation sites excluding steroid dienone is 2. The van der Waals surface area contributed by atoms with E-state index in [0.29, 0.717) is 22.6 Å². The number of carboxylic acids is 1. The lowest BCUT2D eigenvalue weighted by atomic mass is 9.83. The molecule has 8 heteroatoms. The first kappa shape index (κ1) is 24.5. The molecular weight excluding hydrogens is 468 g/mol. The minimum atomic E-state index is -1.66. The fourth-order valence-electron chi connectivity index (χ4n) is 4.98. The molecule has 0 radical (unpaired) electrons. The smallest absolute Gasteiger partial charge is 0.326 e. The predicted molar refractivity (Wildman–Crippen MR) is 130 cm³/mol. The van der Waals surface area contributed by atoms with Crippen molar-refractivity contribution in [3.8, 4) is 6.07 Å². The van der Waals surface area contributed by atoms with Crippen LogP contribution in [0, 0.1) is 11.3 Å². The maximum Gasteiger partial charge on any atom is 0.326 e. The van der Waals surface area contributed by atoms with Crippen molar-refractivity contribution in [3.05, 3.63) is 94.2 Å². The van der Waals surface area contributed by atoms with Gasteiger partial charge in [-0.3, -0.25) is 4.79 Å². The molecule has 0 saturated carbocycles. The Balaban J connectivity index is 1.78. The van der Waals surface area contributed by atoms with Crippen molar-refractivity contribution < 1.29 is 24.2 Å². The number of halogens is 1. The third-order valence-corrected chi connectivity index (χ3v) is 7.05. The fraction of sp³-hybridized carbons (Fsp3) is 0.296. The quantitative estimate of drug-likeness (QED) is 0.592. The summed E-state index contributed by atoms with van der Waals surface area (Å²) in [5, 5.41) is 19.9. The number of benzene rings is 2. The standard InChI is InChI=1S/C27H25ClN2O5/c1-34-24-15-17(19-8-4-3-7-18(19)16-29)13-14-27(24,35-2)26(33)30-22(11-12-23(30)25(31)32)20-9-5-6-10-21(20)28/h3-10,13-15,17,22-23H,11-12H2,1-2H3,(H,31,32)/t17?,22-,23+,27?/m1/s1. The molecule has 1 amide bonds. The van der Waals surface area contributed by atoms with Crippen LogP contribution in [0.5, 0.6) is 0 Å². The zero-order valence-corrected chi connectivity index (χ0v) is 20.1. The average molecular weight is 493 g/mol. The van der Waals surface area contributed by atoms with Gasteiger partial charge in [-0.25, -0.2) is 4.79 Å². The van der Waals surface area contributed by atoms with Crippen molar-refractivity contribution in [2.45, 2.75) is 36.4 Å². The van der Waals surface area contributed by atoms with Crippen LogP contribution in [0.2, 0.25) is 5.02 Å². The second kappa shape index (κ2) is 9.95. The van der Waals surface area contributed by atoms with Gasteiger partial charge in [-0.1, -0.05) is 54.1 Å². The van der Waals surface area contributed by atoms with Crippen LogP contribution in [0.4, 0.5) is 0 Å². The Hall–Kier alpha value is -3.60. The number of hydrogen-bond acceptors (Lipinski definition) is 5. The highest BCUT2D eigenvalue weighted by Crippen LogP contribution is 2.44. The fourth-order valence-corrected chi connectivity index (χ4v) is 5.24. The predicted octanol–water partition coefficient (Wildman–Crippen LogP) is 4.60. The monoisotopic (exact) mass is 492 g/mol. The lowest BCUT2D eigenvalue weighted by molar-refractivity contribution is -0.159. The summed E-state index contributed by atoms with van der Waals surface area (Å²) in [6.45, 7) is 0. The summed E-state index contributed by atoms with van der Waals surface area (Å²) >= 11 is 6.43. The van der Waals surface area contributed by atoms with Gasteiger partial charge in [0.25, 0.3) is 5.91 Å². The van der Waals surface area contributed by atoms with Crippen molar-refractivity contribution in [1.82, 2.24) is 4.90 Å². The van der Waals surface area contributed by atoms with E-state index in [1.54, 1.807) is 48.6 Å². The largest absolute Gasteiger partial charge is 0.497 e. The summed E-state index contributed by atoms with van der Waals surface area (Å²) in [5.41, 5.74) is 0.289. The van der Waals surface area contributed by atoms with Crippen molar-refractivity contribution >= 4 is 23.5 Å². The SMILES string of the molecule is COC1=CC(c2ccccc2C#N)C=CC1(OC)C(=O)N1[C@@H](c2ccccc2Cl)CC[C@H]1C(=O)O. The Labute approximate surface area is 208 Å². The summed E-state index contributed by atoms with van der Waals surface area (Å²) in [6, 6.07) is 14.9. The van der Waals surface area contributed by atoms with Crippen molar-refractivity contribution in [2.24, 2.45) is 0 Å². The van der Waals surface area contributed by atoms with Crippen LogP contribution in [0.25, 0.3) is 0 Å². The van der Waals surface area contributed by atoms with Gasteiger partial charge in [0.1, 0.15) is 11.8 Å². The number of aliphatic carboxylic acids is 1. The van der Waals surface area contributed by atoms with Gasteiger partial charge in [0.05, 0.1) is 24.8 Å². The topological polar surface area (TPSA) is 99.9 Å². The van der Waals surface area contributed by atoms with Crippen molar-refractivity contribution in [2.75, 3.05) is 14.2 Å². The number of nitriles is 1. The van der Waals surface area contributed by atoms with Gasteiger partial charge in [0, 0.05) is 18.1 Å². The van der Waals surface area contributed by atoms with E-state index in [1.807, 2.05) is 18.2 Å². The molecule has 2 aliphatic rings. The molecule has 35 heavy (non-hydrogen) atoms. The van der Waals surface area contributed by atoms with E-state index in [1.165, 1.54) is 19.1 Å². The van der Waals surface area contributed by atoms with Gasteiger partial charge in [-0.2, -0.15) is 5.26 Å². The van der Waals surface area contributed by atoms with E-state index in [4.69, 9.17) is 21.1 Å². The Bertz CT molecular complexity index is 1250. The van der Waals surface area contributed by atoms with Crippen LogP contribution < -0.4 is 0 Å². The molecule has 2 unspecified atom stereocenters. The van der Waals surface area contributed by atoms with Crippen LogP contribution in [-0.2, 0) is 19.1 Å². The maximum atomic E-state index is 14.2. The van der Waals surface area contributed by atoms with Gasteiger partial charge < -0.3 is 19.5 Å². The minimum absolute atomic E-state index is 0.221. The summed E-state index contributed by atoms with van der Waals surface area (Å²) in [6.07, 6.45) is 5.82. The van der Waals surface area contributed by atoms with E-state index in [0.717, 1.165) is 5.56 Å². The Morgan fingerprint density at radius 2 is 1.80 bits per heavy atom. The highest BCUT2D eigenvalue weighted by Gasteiger charge is 2.53. The van der Waals surface area contributed by atoms with Gasteiger partial charge >= 0.3 is 5.97 Å². The molecule has 1 aliphatic carbocycles. The van der Waals surface area contributed by atoms with Crippen molar-refractivity contribution in [3.63, 3.8) is 0 Å². The maximum absolute atomic E-state index is 14.2. The first-order valence-electron chi connectivity index (χ1n) is 11.2. The highest BCUT2D eigenvalue weighted by molar-refractivity contribution is 6.31. The molecule has 0 aromatic heterocycles. The molecule has 2 aromatic rings. The molecule has 2 aromatic carbocycles. The van der Waals surface area contributed by atoms with Gasteiger partial charge in [0.15, 0.2) is 0 Å². The lowest BCUT2D eigenvalue weighted by Gasteiger charge is -2.39. The number of nitrogens with zero attached hydrogens (tertiary/aromatic N) is 2. The lowest BCUT2D eigenvalue weighted by Crippen LogP contribution is -2.55. The van der Waals surface area contributed by atoms with Crippen LogP contribution in [0.15, 0.2) is 72.5 Å². The number of hydrogen-bond donors (Lipinski definition) is 1. The number of carboxylic acid groups (broad SMARTS) is 1. The third-order valence-electron chi connectivity index (χ3n) is 6.70. The van der Waals surface area contributed by atoms with Gasteiger partial charge in [-0.05, 0) is 48.3 Å². The van der Waals surface area contributed by atoms with E-state index in [9.17, 15) is 20.0 Å². The molecule has 0 bridgehead atoms. The molecule has 1 fully saturated rings. The molecular formula is C27H25ClN2O5. The third kappa shape index (κ3) is 4.20. The second-order valence-electron chi connectivity index (χ2n) is 8.44. The van der Waals surface area contributed by atoms with Crippen LogP contribution in [0.3, 0.4) is 0 Å². The summed E-state index contributed by atoms with van der Waals surface area (Å²) in [5.74, 6) is -1.75. The van der Waals surface area contributed by atoms with Crippen LogP contribution in [0.1, 0.15) is 41.5 Å². The minimum Gasteiger partial charge on any atom is -0.497 e. The van der Waals surface area contributed by atoms with Crippen LogP contribution in [-0.4, -0.2) is 47.7 Å². The number of ether oxygens (including phenoxy) is 2. The molecule has 1 saturated heterocycles. The van der Waals surface area contributed by atoms with Crippen LogP contribution >= 0.6 is 11.6 Å². The summed E-state index contributed by atoms with van der Waals surface area (Å²) < 4.78 is 11.4. The molecule has 1 N–H and O–H groups in total. The number of carbonyl (C=O) groups excluding carboxylic acids is 1. The number of methoxy groups -OCH3 is 2. The zero-order valence-electron chi connectivity index (χ0n) is 19.3.